The third-order valence-electron chi connectivity index (χ3n) is 5.66. The average molecular weight is 435 g/mol. The monoisotopic (exact) mass is 434 g/mol. The molecule has 5 nitrogen and oxygen atoms in total. The van der Waals surface area contributed by atoms with E-state index in [1.807, 2.05) is 49.5 Å². The Hall–Kier alpha value is -4.12. The fourth-order valence-electron chi connectivity index (χ4n) is 3.92. The third kappa shape index (κ3) is 4.88. The molecule has 2 heterocycles. The molecule has 0 aliphatic rings. The summed E-state index contributed by atoms with van der Waals surface area (Å²) in [6.45, 7) is 4.59. The summed E-state index contributed by atoms with van der Waals surface area (Å²) in [5.41, 5.74) is 5.33. The van der Waals surface area contributed by atoms with Crippen molar-refractivity contribution in [3.05, 3.63) is 108 Å². The van der Waals surface area contributed by atoms with E-state index in [1.54, 1.807) is 0 Å². The summed E-state index contributed by atoms with van der Waals surface area (Å²) in [4.78, 5) is 12.5. The van der Waals surface area contributed by atoms with Crippen LogP contribution in [0.15, 0.2) is 91.1 Å². The lowest BCUT2D eigenvalue weighted by atomic mass is 10.1. The zero-order chi connectivity index (χ0) is 22.6. The van der Waals surface area contributed by atoms with E-state index in [1.165, 1.54) is 5.39 Å². The first-order chi connectivity index (χ1) is 16.1. The smallest absolute Gasteiger partial charge is 0.130 e. The molecule has 0 saturated carbocycles. The predicted octanol–water partition coefficient (Wildman–Crippen LogP) is 6.69. The Morgan fingerprint density at radius 3 is 2.67 bits per heavy atom. The van der Waals surface area contributed by atoms with Crippen LogP contribution >= 0.6 is 0 Å². The van der Waals surface area contributed by atoms with Gasteiger partial charge in [0.05, 0.1) is 11.7 Å². The van der Waals surface area contributed by atoms with E-state index in [4.69, 9.17) is 4.74 Å². The highest BCUT2D eigenvalue weighted by Crippen LogP contribution is 2.27. The highest BCUT2D eigenvalue weighted by Gasteiger charge is 2.11. The molecule has 1 atom stereocenters. The molecule has 5 rings (SSSR count). The summed E-state index contributed by atoms with van der Waals surface area (Å²) in [5, 5.41) is 4.71. The lowest BCUT2D eigenvalue weighted by Crippen LogP contribution is -2.09. The third-order valence-corrected chi connectivity index (χ3v) is 5.66. The van der Waals surface area contributed by atoms with Gasteiger partial charge < -0.3 is 15.0 Å². The molecule has 5 aromatic rings. The summed E-state index contributed by atoms with van der Waals surface area (Å²) in [6.07, 6.45) is 1.95. The molecule has 5 heteroatoms. The number of anilines is 1. The highest BCUT2D eigenvalue weighted by atomic mass is 16.5. The molecular formula is C28H26N4O. The fourth-order valence-corrected chi connectivity index (χ4v) is 3.92. The summed E-state index contributed by atoms with van der Waals surface area (Å²) in [7, 11) is 0. The van der Waals surface area contributed by atoms with Gasteiger partial charge >= 0.3 is 0 Å². The molecule has 164 valence electrons. The van der Waals surface area contributed by atoms with Gasteiger partial charge in [-0.05, 0) is 54.6 Å². The van der Waals surface area contributed by atoms with E-state index in [0.29, 0.717) is 6.61 Å². The molecule has 0 radical (unpaired) electrons. The molecule has 0 aliphatic heterocycles. The van der Waals surface area contributed by atoms with E-state index in [0.717, 1.165) is 45.3 Å². The van der Waals surface area contributed by atoms with Gasteiger partial charge in [0.25, 0.3) is 0 Å². The lowest BCUT2D eigenvalue weighted by Gasteiger charge is -2.17. The maximum Gasteiger partial charge on any atom is 0.130 e. The number of nitrogens with zero attached hydrogens (tertiary/aromatic N) is 2. The predicted molar refractivity (Wildman–Crippen MR) is 133 cm³/mol. The van der Waals surface area contributed by atoms with Gasteiger partial charge in [0.2, 0.25) is 0 Å². The van der Waals surface area contributed by atoms with E-state index in [-0.39, 0.29) is 6.04 Å². The van der Waals surface area contributed by atoms with Crippen molar-refractivity contribution in [3.63, 3.8) is 0 Å². The number of hydrogen-bond acceptors (Lipinski definition) is 4. The first kappa shape index (κ1) is 20.8. The summed E-state index contributed by atoms with van der Waals surface area (Å²) in [5.74, 6) is 2.38. The number of ether oxygens (including phenoxy) is 1. The van der Waals surface area contributed by atoms with Crippen LogP contribution in [0.2, 0.25) is 0 Å². The minimum atomic E-state index is 0.0540. The molecule has 1 unspecified atom stereocenters. The zero-order valence-electron chi connectivity index (χ0n) is 18.7. The second-order valence-electron chi connectivity index (χ2n) is 8.18. The van der Waals surface area contributed by atoms with Crippen molar-refractivity contribution in [3.8, 4) is 17.0 Å². The van der Waals surface area contributed by atoms with Crippen LogP contribution in [-0.2, 0) is 6.61 Å². The molecular weight excluding hydrogens is 408 g/mol. The van der Waals surface area contributed by atoms with Crippen LogP contribution in [-0.4, -0.2) is 15.0 Å². The Morgan fingerprint density at radius 1 is 0.909 bits per heavy atom. The van der Waals surface area contributed by atoms with Crippen molar-refractivity contribution >= 4 is 16.7 Å². The van der Waals surface area contributed by atoms with Gasteiger partial charge in [-0.3, -0.25) is 0 Å². The number of rotatable bonds is 7. The lowest BCUT2D eigenvalue weighted by molar-refractivity contribution is 0.306. The molecule has 0 bridgehead atoms. The van der Waals surface area contributed by atoms with Gasteiger partial charge in [-0.2, -0.15) is 0 Å². The van der Waals surface area contributed by atoms with Crippen molar-refractivity contribution in [1.82, 2.24) is 15.0 Å². The number of benzene rings is 3. The molecule has 0 aliphatic carbocycles. The number of hydrogen-bond donors (Lipinski definition) is 2. The summed E-state index contributed by atoms with van der Waals surface area (Å²) in [6, 6.07) is 28.8. The Bertz CT molecular complexity index is 1380. The highest BCUT2D eigenvalue weighted by molar-refractivity contribution is 5.84. The minimum absolute atomic E-state index is 0.0540. The van der Waals surface area contributed by atoms with Crippen molar-refractivity contribution < 1.29 is 4.74 Å². The van der Waals surface area contributed by atoms with Gasteiger partial charge in [0.1, 0.15) is 24.0 Å². The van der Waals surface area contributed by atoms with Gasteiger partial charge in [0.15, 0.2) is 0 Å². The molecule has 0 fully saturated rings. The van der Waals surface area contributed by atoms with E-state index in [2.05, 4.69) is 75.7 Å². The standard InChI is InChI=1S/C28H26N4O/c1-19(23-9-6-10-25(15-23)33-18-21-7-4-3-5-8-21)30-28-17-27(31-20(2)32-28)24-12-11-22-13-14-29-26(22)16-24/h3-17,19,29H,18H2,1-2H3,(H,30,31,32). The van der Waals surface area contributed by atoms with E-state index < -0.39 is 0 Å². The topological polar surface area (TPSA) is 62.8 Å². The van der Waals surface area contributed by atoms with Gasteiger partial charge in [-0.1, -0.05) is 54.6 Å². The van der Waals surface area contributed by atoms with Gasteiger partial charge in [0, 0.05) is 23.3 Å². The SMILES string of the molecule is Cc1nc(NC(C)c2cccc(OCc3ccccc3)c2)cc(-c2ccc3cc[nH]c3c2)n1. The van der Waals surface area contributed by atoms with Crippen molar-refractivity contribution in [2.24, 2.45) is 0 Å². The fraction of sp³-hybridized carbons (Fsp3) is 0.143. The van der Waals surface area contributed by atoms with Crippen LogP contribution in [0.1, 0.15) is 29.9 Å². The van der Waals surface area contributed by atoms with Crippen LogP contribution < -0.4 is 10.1 Å². The molecule has 3 aromatic carbocycles. The number of aromatic nitrogens is 3. The summed E-state index contributed by atoms with van der Waals surface area (Å²) >= 11 is 0. The quantitative estimate of drug-likeness (QED) is 0.300. The number of nitrogens with one attached hydrogen (secondary N) is 2. The average Bonchev–Trinajstić information content (AvgIpc) is 3.31. The minimum Gasteiger partial charge on any atom is -0.489 e. The van der Waals surface area contributed by atoms with E-state index in [9.17, 15) is 0 Å². The van der Waals surface area contributed by atoms with Crippen molar-refractivity contribution in [2.75, 3.05) is 5.32 Å². The van der Waals surface area contributed by atoms with Crippen molar-refractivity contribution in [2.45, 2.75) is 26.5 Å². The first-order valence-electron chi connectivity index (χ1n) is 11.1. The Morgan fingerprint density at radius 2 is 1.79 bits per heavy atom. The normalized spacial score (nSPS) is 11.9. The number of H-pyrrole nitrogens is 1. The largest absolute Gasteiger partial charge is 0.489 e. The van der Waals surface area contributed by atoms with Crippen LogP contribution in [0.5, 0.6) is 5.75 Å². The van der Waals surface area contributed by atoms with Crippen LogP contribution in [0.25, 0.3) is 22.2 Å². The molecule has 2 aromatic heterocycles. The first-order valence-corrected chi connectivity index (χ1v) is 11.1. The number of aryl methyl sites for hydroxylation is 1. The zero-order valence-corrected chi connectivity index (χ0v) is 18.7. The molecule has 2 N–H and O–H groups in total. The molecule has 0 amide bonds. The van der Waals surface area contributed by atoms with E-state index >= 15 is 0 Å². The van der Waals surface area contributed by atoms with Crippen molar-refractivity contribution in [1.29, 1.82) is 0 Å². The Kier molecular flexibility index (Phi) is 5.77. The van der Waals surface area contributed by atoms with Gasteiger partial charge in [-0.15, -0.1) is 0 Å². The Labute approximate surface area is 193 Å². The summed E-state index contributed by atoms with van der Waals surface area (Å²) < 4.78 is 6.00. The number of fused-ring (bicyclic) bond motifs is 1. The molecule has 0 saturated heterocycles. The maximum atomic E-state index is 6.00. The molecule has 33 heavy (non-hydrogen) atoms. The second-order valence-corrected chi connectivity index (χ2v) is 8.18. The molecule has 0 spiro atoms. The maximum absolute atomic E-state index is 6.00. The van der Waals surface area contributed by atoms with Crippen LogP contribution in [0.3, 0.4) is 0 Å². The van der Waals surface area contributed by atoms with Crippen LogP contribution in [0, 0.1) is 6.92 Å². The van der Waals surface area contributed by atoms with Crippen LogP contribution in [0.4, 0.5) is 5.82 Å². The van der Waals surface area contributed by atoms with Gasteiger partial charge in [-0.25, -0.2) is 9.97 Å². The number of aromatic amines is 1. The Balaban J connectivity index is 1.32. The second kappa shape index (κ2) is 9.17.